The average molecular weight is 793 g/mol. The van der Waals surface area contributed by atoms with Crippen molar-refractivity contribution >= 4 is 43.6 Å². The van der Waals surface area contributed by atoms with Crippen LogP contribution in [0, 0.1) is 0 Å². The Hall–Kier alpha value is -7.42. The highest BCUT2D eigenvalue weighted by Crippen LogP contribution is 2.55. The molecule has 0 spiro atoms. The lowest BCUT2D eigenvalue weighted by Gasteiger charge is -2.40. The third kappa shape index (κ3) is 4.81. The maximum absolute atomic E-state index is 2.60. The molecule has 0 amide bonds. The first-order valence-corrected chi connectivity index (χ1v) is 21.9. The van der Waals surface area contributed by atoms with Crippen molar-refractivity contribution in [3.8, 4) is 55.9 Å². The van der Waals surface area contributed by atoms with E-state index in [1.807, 2.05) is 0 Å². The molecule has 2 heteroatoms. The molecule has 13 rings (SSSR count). The molecule has 62 heavy (non-hydrogen) atoms. The maximum atomic E-state index is 2.60. The van der Waals surface area contributed by atoms with Crippen molar-refractivity contribution in [3.05, 3.63) is 216 Å². The van der Waals surface area contributed by atoms with Gasteiger partial charge in [-0.15, -0.1) is 0 Å². The zero-order valence-electron chi connectivity index (χ0n) is 35.4. The molecule has 0 saturated heterocycles. The quantitative estimate of drug-likeness (QED) is 0.168. The minimum Gasteiger partial charge on any atom is -0.309 e. The zero-order valence-corrected chi connectivity index (χ0v) is 35.4. The van der Waals surface area contributed by atoms with E-state index in [9.17, 15) is 0 Å². The van der Waals surface area contributed by atoms with Crippen LogP contribution in [0.5, 0.6) is 0 Å². The average Bonchev–Trinajstić information content (AvgIpc) is 3.83. The summed E-state index contributed by atoms with van der Waals surface area (Å²) in [6, 6.07) is 72.6. The summed E-state index contributed by atoms with van der Waals surface area (Å²) >= 11 is 0. The summed E-state index contributed by atoms with van der Waals surface area (Å²) in [5, 5.41) is 5.17. The number of nitrogens with zero attached hydrogens (tertiary/aromatic N) is 2. The fraction of sp³-hybridized carbons (Fsp3) is 0.100. The van der Waals surface area contributed by atoms with Gasteiger partial charge in [0.2, 0.25) is 0 Å². The number of aromatic nitrogens is 2. The van der Waals surface area contributed by atoms with Gasteiger partial charge in [-0.25, -0.2) is 0 Å². The Morgan fingerprint density at radius 1 is 0.274 bits per heavy atom. The second-order valence-electron chi connectivity index (χ2n) is 18.6. The molecule has 0 bridgehead atoms. The summed E-state index contributed by atoms with van der Waals surface area (Å²) in [5.74, 6) is 0. The Bertz CT molecular complexity index is 3400. The standard InChI is InChI=1S/C60H44N2/c1-59(2)49-35-56-50(36-55(49)61-53-27-25-41(37-17-9-5-10-18-37)29-45(53)47-31-43(33-51(59)57(47)61)39-21-13-7-14-22-39)60(3,4)52-34-44(40-23-15-8-16-24-40)32-48-46-30-42(38-19-11-6-12-20-38)26-28-54(46)62(56)58(48)52/h5-36H,1-4H3. The third-order valence-corrected chi connectivity index (χ3v) is 14.4. The molecule has 0 fully saturated rings. The minimum absolute atomic E-state index is 0.301. The molecule has 0 N–H and O–H groups in total. The van der Waals surface area contributed by atoms with Crippen LogP contribution in [-0.4, -0.2) is 9.13 Å². The fourth-order valence-electron chi connectivity index (χ4n) is 11.2. The minimum atomic E-state index is -0.301. The third-order valence-electron chi connectivity index (χ3n) is 14.4. The van der Waals surface area contributed by atoms with Crippen molar-refractivity contribution in [2.24, 2.45) is 0 Å². The lowest BCUT2D eigenvalue weighted by atomic mass is 9.69. The van der Waals surface area contributed by atoms with E-state index in [0.29, 0.717) is 0 Å². The van der Waals surface area contributed by atoms with Crippen molar-refractivity contribution < 1.29 is 0 Å². The molecule has 0 saturated carbocycles. The molecule has 0 radical (unpaired) electrons. The Kier molecular flexibility index (Phi) is 7.16. The van der Waals surface area contributed by atoms with Crippen LogP contribution in [0.4, 0.5) is 0 Å². The van der Waals surface area contributed by atoms with E-state index < -0.39 is 0 Å². The summed E-state index contributed by atoms with van der Waals surface area (Å²) < 4.78 is 5.21. The monoisotopic (exact) mass is 792 g/mol. The molecular formula is C60H44N2. The smallest absolute Gasteiger partial charge is 0.0582 e. The molecule has 11 aromatic rings. The van der Waals surface area contributed by atoms with Crippen molar-refractivity contribution in [3.63, 3.8) is 0 Å². The largest absolute Gasteiger partial charge is 0.309 e. The molecule has 0 atom stereocenters. The molecule has 2 aliphatic rings. The van der Waals surface area contributed by atoms with E-state index in [-0.39, 0.29) is 10.8 Å². The highest BCUT2D eigenvalue weighted by molar-refractivity contribution is 6.16. The van der Waals surface area contributed by atoms with Crippen LogP contribution in [0.1, 0.15) is 49.9 Å². The van der Waals surface area contributed by atoms with Gasteiger partial charge in [0.25, 0.3) is 0 Å². The van der Waals surface area contributed by atoms with Crippen molar-refractivity contribution in [1.29, 1.82) is 0 Å². The topological polar surface area (TPSA) is 9.86 Å². The number of hydrogen-bond donors (Lipinski definition) is 0. The van der Waals surface area contributed by atoms with E-state index in [0.717, 1.165) is 0 Å². The van der Waals surface area contributed by atoms with Crippen LogP contribution >= 0.6 is 0 Å². The SMILES string of the molecule is CC1(C)c2cc3c(cc2-n2c4ccc(-c5ccccc5)cc4c4cc(-c5ccccc5)cc1c42)C(C)(C)c1cc(-c2ccccc2)cc2c4cc(-c5ccccc5)ccc4n-3c12. The van der Waals surface area contributed by atoms with Gasteiger partial charge in [-0.3, -0.25) is 0 Å². The summed E-state index contributed by atoms with van der Waals surface area (Å²) in [6.45, 7) is 9.79. The van der Waals surface area contributed by atoms with Crippen LogP contribution in [0.15, 0.2) is 194 Å². The molecule has 9 aromatic carbocycles. The van der Waals surface area contributed by atoms with Crippen molar-refractivity contribution in [2.45, 2.75) is 38.5 Å². The van der Waals surface area contributed by atoms with Gasteiger partial charge in [0, 0.05) is 32.4 Å². The Labute approximate surface area is 362 Å². The second-order valence-corrected chi connectivity index (χ2v) is 18.6. The first kappa shape index (κ1) is 35.3. The number of hydrogen-bond acceptors (Lipinski definition) is 0. The molecule has 2 nitrogen and oxygen atoms in total. The van der Waals surface area contributed by atoms with Gasteiger partial charge < -0.3 is 9.13 Å². The van der Waals surface area contributed by atoms with E-state index >= 15 is 0 Å². The Morgan fingerprint density at radius 2 is 0.597 bits per heavy atom. The molecule has 4 heterocycles. The molecular weight excluding hydrogens is 749 g/mol. The van der Waals surface area contributed by atoms with Gasteiger partial charge in [0.15, 0.2) is 0 Å². The van der Waals surface area contributed by atoms with Crippen LogP contribution in [-0.2, 0) is 10.8 Å². The Balaban J connectivity index is 1.13. The molecule has 0 aliphatic carbocycles. The highest BCUT2D eigenvalue weighted by Gasteiger charge is 2.41. The van der Waals surface area contributed by atoms with Gasteiger partial charge in [-0.2, -0.15) is 0 Å². The first-order valence-electron chi connectivity index (χ1n) is 21.9. The number of fused-ring (bicyclic) bond motifs is 10. The second kappa shape index (κ2) is 12.6. The van der Waals surface area contributed by atoms with Gasteiger partial charge >= 0.3 is 0 Å². The predicted molar refractivity (Wildman–Crippen MR) is 261 cm³/mol. The fourth-order valence-corrected chi connectivity index (χ4v) is 11.2. The lowest BCUT2D eigenvalue weighted by Crippen LogP contribution is -2.31. The molecule has 0 unspecified atom stereocenters. The summed E-state index contributed by atoms with van der Waals surface area (Å²) in [5.41, 5.74) is 22.4. The van der Waals surface area contributed by atoms with E-state index in [1.165, 1.54) is 122 Å². The summed E-state index contributed by atoms with van der Waals surface area (Å²) in [4.78, 5) is 0. The predicted octanol–water partition coefficient (Wildman–Crippen LogP) is 15.8. The van der Waals surface area contributed by atoms with Gasteiger partial charge in [-0.05, 0) is 127 Å². The van der Waals surface area contributed by atoms with Crippen molar-refractivity contribution in [2.75, 3.05) is 0 Å². The van der Waals surface area contributed by atoms with Crippen LogP contribution in [0.3, 0.4) is 0 Å². The lowest BCUT2D eigenvalue weighted by molar-refractivity contribution is 0.610. The van der Waals surface area contributed by atoms with Crippen LogP contribution in [0.25, 0.3) is 99.5 Å². The summed E-state index contributed by atoms with van der Waals surface area (Å²) in [6.07, 6.45) is 0. The van der Waals surface area contributed by atoms with E-state index in [4.69, 9.17) is 0 Å². The Morgan fingerprint density at radius 3 is 0.952 bits per heavy atom. The van der Waals surface area contributed by atoms with E-state index in [2.05, 4.69) is 231 Å². The normalized spacial score (nSPS) is 14.4. The first-order chi connectivity index (χ1) is 30.3. The van der Waals surface area contributed by atoms with Crippen molar-refractivity contribution in [1.82, 2.24) is 9.13 Å². The highest BCUT2D eigenvalue weighted by atomic mass is 15.0. The number of rotatable bonds is 4. The maximum Gasteiger partial charge on any atom is 0.0582 e. The van der Waals surface area contributed by atoms with Crippen LogP contribution in [0.2, 0.25) is 0 Å². The summed E-state index contributed by atoms with van der Waals surface area (Å²) in [7, 11) is 0. The van der Waals surface area contributed by atoms with Gasteiger partial charge in [0.05, 0.1) is 33.4 Å². The van der Waals surface area contributed by atoms with Crippen LogP contribution < -0.4 is 0 Å². The molecule has 294 valence electrons. The van der Waals surface area contributed by atoms with Gasteiger partial charge in [0.1, 0.15) is 0 Å². The zero-order chi connectivity index (χ0) is 41.5. The van der Waals surface area contributed by atoms with Gasteiger partial charge in [-0.1, -0.05) is 161 Å². The van der Waals surface area contributed by atoms with E-state index in [1.54, 1.807) is 0 Å². The molecule has 2 aliphatic heterocycles. The molecule has 2 aromatic heterocycles. The number of benzene rings is 9.